The highest BCUT2D eigenvalue weighted by Gasteiger charge is 2.38. The van der Waals surface area contributed by atoms with Crippen LogP contribution in [0.25, 0.3) is 0 Å². The Kier molecular flexibility index (Phi) is 4.31. The van der Waals surface area contributed by atoms with Gasteiger partial charge >= 0.3 is 0 Å². The minimum absolute atomic E-state index is 0.0427. The van der Waals surface area contributed by atoms with Crippen molar-refractivity contribution in [1.29, 1.82) is 0 Å². The summed E-state index contributed by atoms with van der Waals surface area (Å²) in [5.74, 6) is 0.0427. The molecule has 0 radical (unpaired) electrons. The van der Waals surface area contributed by atoms with Crippen molar-refractivity contribution in [2.45, 2.75) is 26.3 Å². The van der Waals surface area contributed by atoms with E-state index in [0.717, 1.165) is 10.6 Å². The molecule has 0 spiro atoms. The van der Waals surface area contributed by atoms with E-state index in [1.54, 1.807) is 16.8 Å². The number of thiazole rings is 1. The summed E-state index contributed by atoms with van der Waals surface area (Å²) >= 11 is 1.56. The minimum Gasteiger partial charge on any atom is -0.381 e. The Morgan fingerprint density at radius 3 is 2.89 bits per heavy atom. The van der Waals surface area contributed by atoms with Gasteiger partial charge in [-0.3, -0.25) is 4.79 Å². The first-order chi connectivity index (χ1) is 8.68. The van der Waals surface area contributed by atoms with E-state index in [-0.39, 0.29) is 5.91 Å². The van der Waals surface area contributed by atoms with Crippen LogP contribution in [0, 0.1) is 12.3 Å². The maximum atomic E-state index is 12.3. The highest BCUT2D eigenvalue weighted by atomic mass is 32.1. The quantitative estimate of drug-likeness (QED) is 0.848. The van der Waals surface area contributed by atoms with E-state index in [9.17, 15) is 4.79 Å². The maximum absolute atomic E-state index is 12.3. The van der Waals surface area contributed by atoms with Crippen molar-refractivity contribution in [3.63, 3.8) is 0 Å². The smallest absolute Gasteiger partial charge is 0.227 e. The number of aryl methyl sites for hydroxylation is 1. The summed E-state index contributed by atoms with van der Waals surface area (Å²) in [4.78, 5) is 17.6. The Balaban J connectivity index is 1.96. The van der Waals surface area contributed by atoms with E-state index in [0.29, 0.717) is 39.1 Å². The molecule has 0 aliphatic carbocycles. The van der Waals surface area contributed by atoms with Crippen LogP contribution >= 0.6 is 11.3 Å². The van der Waals surface area contributed by atoms with Gasteiger partial charge in [0.1, 0.15) is 0 Å². The number of rotatable bonds is 4. The zero-order chi connectivity index (χ0) is 13.0. The van der Waals surface area contributed by atoms with Gasteiger partial charge in [0.2, 0.25) is 5.91 Å². The van der Waals surface area contributed by atoms with Gasteiger partial charge in [-0.25, -0.2) is 4.98 Å². The normalized spacial score (nSPS) is 18.6. The number of hydrogen-bond acceptors (Lipinski definition) is 5. The van der Waals surface area contributed by atoms with Crippen LogP contribution in [0.3, 0.4) is 0 Å². The molecule has 0 aromatic carbocycles. The lowest BCUT2D eigenvalue weighted by atomic mass is 9.79. The maximum Gasteiger partial charge on any atom is 0.227 e. The van der Waals surface area contributed by atoms with Crippen molar-refractivity contribution in [2.75, 3.05) is 19.8 Å². The summed E-state index contributed by atoms with van der Waals surface area (Å²) in [6.07, 6.45) is 1.41. The molecule has 2 heterocycles. The molecule has 3 N–H and O–H groups in total. The molecule has 100 valence electrons. The van der Waals surface area contributed by atoms with Crippen molar-refractivity contribution in [2.24, 2.45) is 11.1 Å². The van der Waals surface area contributed by atoms with Crippen LogP contribution in [0.1, 0.15) is 23.4 Å². The van der Waals surface area contributed by atoms with Crippen molar-refractivity contribution in [3.8, 4) is 0 Å². The number of nitrogens with two attached hydrogens (primary N) is 1. The number of hydrogen-bond donors (Lipinski definition) is 2. The van der Waals surface area contributed by atoms with Gasteiger partial charge in [0, 0.05) is 24.6 Å². The van der Waals surface area contributed by atoms with Gasteiger partial charge in [-0.2, -0.15) is 0 Å². The van der Waals surface area contributed by atoms with Crippen LogP contribution < -0.4 is 11.1 Å². The molecule has 0 bridgehead atoms. The first-order valence-corrected chi connectivity index (χ1v) is 7.01. The third-order valence-corrected chi connectivity index (χ3v) is 4.51. The van der Waals surface area contributed by atoms with Crippen LogP contribution in [-0.4, -0.2) is 30.6 Å². The van der Waals surface area contributed by atoms with Crippen LogP contribution in [0.15, 0.2) is 5.51 Å². The average molecular weight is 269 g/mol. The molecule has 2 rings (SSSR count). The van der Waals surface area contributed by atoms with E-state index in [1.807, 2.05) is 6.92 Å². The summed E-state index contributed by atoms with van der Waals surface area (Å²) in [6.45, 7) is 4.10. The average Bonchev–Trinajstić information content (AvgIpc) is 2.82. The molecule has 18 heavy (non-hydrogen) atoms. The van der Waals surface area contributed by atoms with Crippen LogP contribution in [0.4, 0.5) is 0 Å². The Labute approximate surface area is 111 Å². The molecule has 1 fully saturated rings. The van der Waals surface area contributed by atoms with Crippen LogP contribution in [0.2, 0.25) is 0 Å². The first kappa shape index (κ1) is 13.5. The molecule has 0 atom stereocenters. The van der Waals surface area contributed by atoms with Gasteiger partial charge in [0.25, 0.3) is 0 Å². The molecule has 0 unspecified atom stereocenters. The summed E-state index contributed by atoms with van der Waals surface area (Å²) in [7, 11) is 0. The molecule has 1 saturated heterocycles. The Hall–Kier alpha value is -0.980. The fourth-order valence-corrected chi connectivity index (χ4v) is 2.85. The molecule has 6 heteroatoms. The predicted octanol–water partition coefficient (Wildman–Crippen LogP) is 0.823. The number of amides is 1. The third-order valence-electron chi connectivity index (χ3n) is 3.58. The molecule has 5 nitrogen and oxygen atoms in total. The molecule has 1 amide bonds. The number of nitrogens with one attached hydrogen (secondary N) is 1. The molecule has 1 aromatic heterocycles. The number of carbonyl (C=O) groups is 1. The lowest BCUT2D eigenvalue weighted by molar-refractivity contribution is -0.136. The number of aromatic nitrogens is 1. The van der Waals surface area contributed by atoms with Crippen molar-refractivity contribution in [3.05, 3.63) is 16.1 Å². The van der Waals surface area contributed by atoms with E-state index in [1.165, 1.54) is 0 Å². The molecule has 1 aromatic rings. The van der Waals surface area contributed by atoms with Gasteiger partial charge in [-0.15, -0.1) is 11.3 Å². The van der Waals surface area contributed by atoms with Gasteiger partial charge < -0.3 is 15.8 Å². The highest BCUT2D eigenvalue weighted by molar-refractivity contribution is 7.09. The van der Waals surface area contributed by atoms with E-state index in [2.05, 4.69) is 10.3 Å². The number of carbonyl (C=O) groups excluding carboxylic acids is 1. The number of ether oxygens (including phenoxy) is 1. The van der Waals surface area contributed by atoms with E-state index >= 15 is 0 Å². The van der Waals surface area contributed by atoms with Gasteiger partial charge in [-0.05, 0) is 19.8 Å². The molecule has 1 aliphatic rings. The SMILES string of the molecule is Cc1ncsc1CNC(=O)C1(CN)CCOCC1. The van der Waals surface area contributed by atoms with Gasteiger partial charge in [0.15, 0.2) is 0 Å². The minimum atomic E-state index is -0.448. The largest absolute Gasteiger partial charge is 0.381 e. The summed E-state index contributed by atoms with van der Waals surface area (Å²) < 4.78 is 5.30. The lowest BCUT2D eigenvalue weighted by Gasteiger charge is -2.34. The second-order valence-corrected chi connectivity index (χ2v) is 5.58. The van der Waals surface area contributed by atoms with Crippen molar-refractivity contribution in [1.82, 2.24) is 10.3 Å². The summed E-state index contributed by atoms with van der Waals surface area (Å²) in [6, 6.07) is 0. The first-order valence-electron chi connectivity index (χ1n) is 6.13. The Morgan fingerprint density at radius 1 is 1.61 bits per heavy atom. The van der Waals surface area contributed by atoms with Gasteiger partial charge in [-0.1, -0.05) is 0 Å². The Morgan fingerprint density at radius 2 is 2.33 bits per heavy atom. The van der Waals surface area contributed by atoms with Gasteiger partial charge in [0.05, 0.1) is 23.2 Å². The predicted molar refractivity (Wildman–Crippen MR) is 70.2 cm³/mol. The van der Waals surface area contributed by atoms with Crippen molar-refractivity contribution >= 4 is 17.2 Å². The standard InChI is InChI=1S/C12H19N3O2S/c1-9-10(18-8-15-9)6-14-11(16)12(7-13)2-4-17-5-3-12/h8H,2-7,13H2,1H3,(H,14,16). The number of nitrogens with zero attached hydrogens (tertiary/aromatic N) is 1. The van der Waals surface area contributed by atoms with E-state index in [4.69, 9.17) is 10.5 Å². The third kappa shape index (κ3) is 2.71. The second-order valence-electron chi connectivity index (χ2n) is 4.64. The van der Waals surface area contributed by atoms with Crippen molar-refractivity contribution < 1.29 is 9.53 Å². The molecular formula is C12H19N3O2S. The van der Waals surface area contributed by atoms with Crippen LogP contribution in [0.5, 0.6) is 0 Å². The van der Waals surface area contributed by atoms with Crippen LogP contribution in [-0.2, 0) is 16.1 Å². The lowest BCUT2D eigenvalue weighted by Crippen LogP contribution is -2.48. The fourth-order valence-electron chi connectivity index (χ4n) is 2.13. The van der Waals surface area contributed by atoms with E-state index < -0.39 is 5.41 Å². The molecule has 1 aliphatic heterocycles. The molecule has 0 saturated carbocycles. The molecular weight excluding hydrogens is 250 g/mol. The Bertz CT molecular complexity index is 413. The zero-order valence-electron chi connectivity index (χ0n) is 10.6. The zero-order valence-corrected chi connectivity index (χ0v) is 11.4. The monoisotopic (exact) mass is 269 g/mol. The fraction of sp³-hybridized carbons (Fsp3) is 0.667. The summed E-state index contributed by atoms with van der Waals surface area (Å²) in [5, 5.41) is 2.98. The highest BCUT2D eigenvalue weighted by Crippen LogP contribution is 2.29. The topological polar surface area (TPSA) is 77.2 Å². The summed E-state index contributed by atoms with van der Waals surface area (Å²) in [5.41, 5.74) is 8.12. The second kappa shape index (κ2) is 5.77.